The number of quaternary nitrogens is 1. The normalized spacial score (nSPS) is 10.1. The van der Waals surface area contributed by atoms with Gasteiger partial charge in [0.25, 0.3) is 0 Å². The van der Waals surface area contributed by atoms with Gasteiger partial charge in [0.15, 0.2) is 0 Å². The lowest BCUT2D eigenvalue weighted by Gasteiger charge is -1.90. The molecule has 50 valence electrons. The first-order valence-electron chi connectivity index (χ1n) is 3.03. The van der Waals surface area contributed by atoms with E-state index < -0.39 is 0 Å². The summed E-state index contributed by atoms with van der Waals surface area (Å²) in [6.45, 7) is 2.80. The fourth-order valence-corrected chi connectivity index (χ4v) is 0.898. The Morgan fingerprint density at radius 2 is 2.44 bits per heavy atom. The molecule has 0 aliphatic carbocycles. The molecule has 3 N–H and O–H groups in total. The van der Waals surface area contributed by atoms with Crippen molar-refractivity contribution >= 4 is 0 Å². The van der Waals surface area contributed by atoms with Gasteiger partial charge in [0.1, 0.15) is 6.54 Å². The highest BCUT2D eigenvalue weighted by Gasteiger charge is 1.98. The standard InChI is InChI=1S/C6H11N3/c1-5-3-6(4-7)9(2)8-5/h3H,4,7H2,1-2H3/p+1. The molecule has 0 fully saturated rings. The predicted molar refractivity (Wildman–Crippen MR) is 34.5 cm³/mol. The summed E-state index contributed by atoms with van der Waals surface area (Å²) in [6, 6.07) is 2.05. The molecule has 0 unspecified atom stereocenters. The molecule has 0 aliphatic heterocycles. The summed E-state index contributed by atoms with van der Waals surface area (Å²) >= 11 is 0. The SMILES string of the molecule is Cc1cc(C[NH3+])n(C)n1. The smallest absolute Gasteiger partial charge is 0.117 e. The van der Waals surface area contributed by atoms with Crippen LogP contribution in [0.15, 0.2) is 6.07 Å². The zero-order valence-electron chi connectivity index (χ0n) is 5.89. The third-order valence-corrected chi connectivity index (χ3v) is 1.36. The minimum Gasteiger partial charge on any atom is -0.353 e. The number of nitrogens with zero attached hydrogens (tertiary/aromatic N) is 2. The number of rotatable bonds is 1. The predicted octanol–water partition coefficient (Wildman–Crippen LogP) is -0.530. The molecule has 9 heavy (non-hydrogen) atoms. The van der Waals surface area contributed by atoms with Crippen molar-refractivity contribution in [3.63, 3.8) is 0 Å². The van der Waals surface area contributed by atoms with Crippen LogP contribution in [-0.2, 0) is 13.6 Å². The molecule has 3 heteroatoms. The van der Waals surface area contributed by atoms with E-state index in [1.165, 1.54) is 5.69 Å². The molecule has 1 aromatic rings. The summed E-state index contributed by atoms with van der Waals surface area (Å²) in [5.41, 5.74) is 6.02. The lowest BCUT2D eigenvalue weighted by Crippen LogP contribution is -2.48. The Balaban J connectivity index is 3.01. The Bertz CT molecular complexity index is 202. The fourth-order valence-electron chi connectivity index (χ4n) is 0.898. The quantitative estimate of drug-likeness (QED) is 0.540. The van der Waals surface area contributed by atoms with Gasteiger partial charge in [0.2, 0.25) is 0 Å². The summed E-state index contributed by atoms with van der Waals surface area (Å²) < 4.78 is 1.86. The Morgan fingerprint density at radius 3 is 2.67 bits per heavy atom. The maximum Gasteiger partial charge on any atom is 0.117 e. The van der Waals surface area contributed by atoms with Crippen molar-refractivity contribution < 1.29 is 5.73 Å². The molecule has 0 aromatic carbocycles. The van der Waals surface area contributed by atoms with Crippen molar-refractivity contribution in [1.82, 2.24) is 9.78 Å². The van der Waals surface area contributed by atoms with Crippen LogP contribution in [0.4, 0.5) is 0 Å². The Morgan fingerprint density at radius 1 is 1.78 bits per heavy atom. The molecule has 0 aliphatic rings. The van der Waals surface area contributed by atoms with E-state index in [2.05, 4.69) is 10.8 Å². The molecule has 0 amide bonds. The summed E-state index contributed by atoms with van der Waals surface area (Å²) in [6.07, 6.45) is 0. The van der Waals surface area contributed by atoms with Gasteiger partial charge in [0.05, 0.1) is 11.4 Å². The summed E-state index contributed by atoms with van der Waals surface area (Å²) in [5, 5.41) is 4.16. The average Bonchev–Trinajstić information content (AvgIpc) is 2.10. The lowest BCUT2D eigenvalue weighted by atomic mass is 10.4. The van der Waals surface area contributed by atoms with E-state index >= 15 is 0 Å². The molecule has 0 saturated heterocycles. The van der Waals surface area contributed by atoms with Crippen molar-refractivity contribution in [3.05, 3.63) is 17.5 Å². The van der Waals surface area contributed by atoms with Crippen LogP contribution in [0.1, 0.15) is 11.4 Å². The third-order valence-electron chi connectivity index (χ3n) is 1.36. The largest absolute Gasteiger partial charge is 0.353 e. The van der Waals surface area contributed by atoms with E-state index in [0.717, 1.165) is 12.2 Å². The maximum atomic E-state index is 4.16. The molecule has 1 aromatic heterocycles. The average molecular weight is 126 g/mol. The minimum absolute atomic E-state index is 0.817. The van der Waals surface area contributed by atoms with Crippen LogP contribution in [0.2, 0.25) is 0 Å². The molecule has 0 saturated carbocycles. The van der Waals surface area contributed by atoms with Gasteiger partial charge in [-0.15, -0.1) is 0 Å². The summed E-state index contributed by atoms with van der Waals surface area (Å²) in [7, 11) is 1.94. The first kappa shape index (κ1) is 6.29. The van der Waals surface area contributed by atoms with Crippen molar-refractivity contribution in [2.75, 3.05) is 0 Å². The molecular weight excluding hydrogens is 114 g/mol. The third kappa shape index (κ3) is 1.10. The van der Waals surface area contributed by atoms with Gasteiger partial charge < -0.3 is 5.73 Å². The Hall–Kier alpha value is -0.830. The van der Waals surface area contributed by atoms with E-state index in [4.69, 9.17) is 0 Å². The van der Waals surface area contributed by atoms with E-state index in [9.17, 15) is 0 Å². The molecule has 3 nitrogen and oxygen atoms in total. The maximum absolute atomic E-state index is 4.16. The van der Waals surface area contributed by atoms with Crippen molar-refractivity contribution in [3.8, 4) is 0 Å². The number of aryl methyl sites for hydroxylation is 2. The lowest BCUT2D eigenvalue weighted by molar-refractivity contribution is -0.387. The van der Waals surface area contributed by atoms with Crippen LogP contribution >= 0.6 is 0 Å². The second-order valence-electron chi connectivity index (χ2n) is 2.15. The summed E-state index contributed by atoms with van der Waals surface area (Å²) in [4.78, 5) is 0. The molecule has 1 rings (SSSR count). The Labute approximate surface area is 54.5 Å². The molecule has 0 bridgehead atoms. The van der Waals surface area contributed by atoms with Crippen LogP contribution in [0, 0.1) is 6.92 Å². The second-order valence-corrected chi connectivity index (χ2v) is 2.15. The highest BCUT2D eigenvalue weighted by molar-refractivity contribution is 5.06. The zero-order valence-corrected chi connectivity index (χ0v) is 5.89. The van der Waals surface area contributed by atoms with E-state index in [1.54, 1.807) is 0 Å². The Kier molecular flexibility index (Phi) is 1.53. The van der Waals surface area contributed by atoms with E-state index in [0.29, 0.717) is 0 Å². The van der Waals surface area contributed by atoms with Crippen LogP contribution in [0.5, 0.6) is 0 Å². The van der Waals surface area contributed by atoms with Crippen LogP contribution in [-0.4, -0.2) is 9.78 Å². The highest BCUT2D eigenvalue weighted by atomic mass is 15.3. The van der Waals surface area contributed by atoms with Gasteiger partial charge in [0, 0.05) is 7.05 Å². The van der Waals surface area contributed by atoms with Crippen LogP contribution < -0.4 is 5.73 Å². The highest BCUT2D eigenvalue weighted by Crippen LogP contribution is 1.97. The first-order chi connectivity index (χ1) is 4.24. The topological polar surface area (TPSA) is 45.5 Å². The van der Waals surface area contributed by atoms with E-state index in [-0.39, 0.29) is 0 Å². The molecule has 0 radical (unpaired) electrons. The van der Waals surface area contributed by atoms with Gasteiger partial charge >= 0.3 is 0 Å². The molecular formula is C6H12N3+. The van der Waals surface area contributed by atoms with Crippen molar-refractivity contribution in [2.45, 2.75) is 13.5 Å². The minimum atomic E-state index is 0.817. The summed E-state index contributed by atoms with van der Waals surface area (Å²) in [5.74, 6) is 0. The van der Waals surface area contributed by atoms with Crippen LogP contribution in [0.25, 0.3) is 0 Å². The zero-order chi connectivity index (χ0) is 6.85. The van der Waals surface area contributed by atoms with Gasteiger partial charge in [-0.1, -0.05) is 0 Å². The first-order valence-corrected chi connectivity index (χ1v) is 3.03. The van der Waals surface area contributed by atoms with Gasteiger partial charge in [-0.25, -0.2) is 0 Å². The molecule has 0 atom stereocenters. The fraction of sp³-hybridized carbons (Fsp3) is 0.500. The van der Waals surface area contributed by atoms with Crippen molar-refractivity contribution in [2.24, 2.45) is 7.05 Å². The number of hydrogen-bond donors (Lipinski definition) is 1. The second kappa shape index (κ2) is 2.19. The van der Waals surface area contributed by atoms with Gasteiger partial charge in [-0.2, -0.15) is 5.10 Å². The van der Waals surface area contributed by atoms with Crippen molar-refractivity contribution in [1.29, 1.82) is 0 Å². The van der Waals surface area contributed by atoms with E-state index in [1.807, 2.05) is 24.7 Å². The van der Waals surface area contributed by atoms with Crippen LogP contribution in [0.3, 0.4) is 0 Å². The van der Waals surface area contributed by atoms with Gasteiger partial charge in [-0.05, 0) is 13.0 Å². The molecule has 0 spiro atoms. The van der Waals surface area contributed by atoms with Gasteiger partial charge in [-0.3, -0.25) is 4.68 Å². The number of aromatic nitrogens is 2. The monoisotopic (exact) mass is 126 g/mol. The molecule has 1 heterocycles. The number of hydrogen-bond acceptors (Lipinski definition) is 1.